The molecule has 1 fully saturated rings. The molecular formula is C20H32IN3O. The van der Waals surface area contributed by atoms with Crippen molar-refractivity contribution in [3.05, 3.63) is 35.4 Å². The molecule has 1 aromatic carbocycles. The van der Waals surface area contributed by atoms with Crippen LogP contribution in [0.4, 0.5) is 0 Å². The molecule has 1 atom stereocenters. The lowest BCUT2D eigenvalue weighted by atomic mass is 9.83. The van der Waals surface area contributed by atoms with Crippen molar-refractivity contribution in [2.24, 2.45) is 10.9 Å². The zero-order valence-electron chi connectivity index (χ0n) is 15.3. The first-order valence-corrected chi connectivity index (χ1v) is 9.47. The zero-order chi connectivity index (χ0) is 16.6. The minimum atomic E-state index is 0. The largest absolute Gasteiger partial charge is 0.381 e. The number of hydrogen-bond acceptors (Lipinski definition) is 2. The van der Waals surface area contributed by atoms with Gasteiger partial charge in [0.2, 0.25) is 0 Å². The Morgan fingerprint density at radius 3 is 2.84 bits per heavy atom. The van der Waals surface area contributed by atoms with Crippen LogP contribution in [0.2, 0.25) is 0 Å². The molecule has 0 aliphatic heterocycles. The second-order valence-electron chi connectivity index (χ2n) is 7.04. The van der Waals surface area contributed by atoms with Gasteiger partial charge in [-0.2, -0.15) is 0 Å². The summed E-state index contributed by atoms with van der Waals surface area (Å²) in [6.45, 7) is 3.66. The predicted molar refractivity (Wildman–Crippen MR) is 115 cm³/mol. The molecule has 2 aliphatic carbocycles. The van der Waals surface area contributed by atoms with Crippen molar-refractivity contribution in [3.63, 3.8) is 0 Å². The van der Waals surface area contributed by atoms with E-state index in [0.29, 0.717) is 5.92 Å². The highest BCUT2D eigenvalue weighted by molar-refractivity contribution is 14.0. The molecule has 2 aliphatic rings. The normalized spacial score (nSPS) is 19.7. The molecular weight excluding hydrogens is 425 g/mol. The number of hydrogen-bond donors (Lipinski definition) is 2. The lowest BCUT2D eigenvalue weighted by Gasteiger charge is -2.26. The minimum absolute atomic E-state index is 0. The fraction of sp³-hybridized carbons (Fsp3) is 0.650. The minimum Gasteiger partial charge on any atom is -0.381 e. The van der Waals surface area contributed by atoms with Crippen molar-refractivity contribution in [3.8, 4) is 0 Å². The molecule has 1 unspecified atom stereocenters. The van der Waals surface area contributed by atoms with E-state index in [0.717, 1.165) is 44.6 Å². The summed E-state index contributed by atoms with van der Waals surface area (Å²) in [6.07, 6.45) is 7.52. The van der Waals surface area contributed by atoms with Gasteiger partial charge in [0.25, 0.3) is 0 Å². The second-order valence-corrected chi connectivity index (χ2v) is 7.04. The molecule has 0 spiro atoms. The fourth-order valence-corrected chi connectivity index (χ4v) is 3.42. The van der Waals surface area contributed by atoms with Crippen LogP contribution in [-0.4, -0.2) is 39.3 Å². The molecule has 140 valence electrons. The van der Waals surface area contributed by atoms with Gasteiger partial charge < -0.3 is 15.4 Å². The lowest BCUT2D eigenvalue weighted by Crippen LogP contribution is -2.40. The van der Waals surface area contributed by atoms with Gasteiger partial charge in [0.15, 0.2) is 5.96 Å². The Morgan fingerprint density at radius 1 is 1.20 bits per heavy atom. The van der Waals surface area contributed by atoms with Crippen molar-refractivity contribution in [1.82, 2.24) is 10.6 Å². The van der Waals surface area contributed by atoms with Gasteiger partial charge in [-0.25, -0.2) is 0 Å². The topological polar surface area (TPSA) is 45.7 Å². The third-order valence-corrected chi connectivity index (χ3v) is 5.04. The molecule has 0 aromatic heterocycles. The Bertz CT molecular complexity index is 545. The summed E-state index contributed by atoms with van der Waals surface area (Å²) < 4.78 is 5.67. The van der Waals surface area contributed by atoms with Crippen molar-refractivity contribution in [2.45, 2.75) is 44.4 Å². The van der Waals surface area contributed by atoms with Crippen molar-refractivity contribution >= 4 is 29.9 Å². The van der Waals surface area contributed by atoms with Crippen molar-refractivity contribution in [2.75, 3.05) is 33.4 Å². The number of rotatable bonds is 8. The molecule has 0 amide bonds. The van der Waals surface area contributed by atoms with Gasteiger partial charge in [0.05, 0.1) is 0 Å². The summed E-state index contributed by atoms with van der Waals surface area (Å²) in [7, 11) is 1.84. The standard InChI is InChI=1S/C20H31N3O.HI/c1-21-20(22-12-5-13-24-15-16-10-11-16)23-14-18-8-4-7-17-6-2-3-9-19(17)18;/h2-3,6,9,16,18H,4-5,7-8,10-15H2,1H3,(H2,21,22,23);1H. The Morgan fingerprint density at radius 2 is 2.04 bits per heavy atom. The van der Waals surface area contributed by atoms with Crippen LogP contribution in [0.1, 0.15) is 49.1 Å². The number of guanidine groups is 1. The fourth-order valence-electron chi connectivity index (χ4n) is 3.42. The molecule has 0 saturated heterocycles. The van der Waals surface area contributed by atoms with Crippen LogP contribution in [0.15, 0.2) is 29.3 Å². The van der Waals surface area contributed by atoms with Crippen LogP contribution >= 0.6 is 24.0 Å². The summed E-state index contributed by atoms with van der Waals surface area (Å²) in [4.78, 5) is 4.34. The van der Waals surface area contributed by atoms with Gasteiger partial charge in [0.1, 0.15) is 0 Å². The van der Waals surface area contributed by atoms with Crippen LogP contribution < -0.4 is 10.6 Å². The number of fused-ring (bicyclic) bond motifs is 1. The molecule has 3 rings (SSSR count). The third kappa shape index (κ3) is 6.77. The number of nitrogens with zero attached hydrogens (tertiary/aromatic N) is 1. The maximum Gasteiger partial charge on any atom is 0.190 e. The van der Waals surface area contributed by atoms with Crippen LogP contribution in [0.25, 0.3) is 0 Å². The molecule has 1 aromatic rings. The maximum absolute atomic E-state index is 5.67. The van der Waals surface area contributed by atoms with E-state index in [4.69, 9.17) is 4.74 Å². The molecule has 25 heavy (non-hydrogen) atoms. The van der Waals surface area contributed by atoms with Crippen molar-refractivity contribution in [1.29, 1.82) is 0 Å². The summed E-state index contributed by atoms with van der Waals surface area (Å²) in [5, 5.41) is 6.89. The SMILES string of the molecule is CN=C(NCCCOCC1CC1)NCC1CCCc2ccccc21.I. The number of benzene rings is 1. The smallest absolute Gasteiger partial charge is 0.190 e. The average molecular weight is 457 g/mol. The quantitative estimate of drug-likeness (QED) is 0.271. The number of halogens is 1. The van der Waals surface area contributed by atoms with E-state index < -0.39 is 0 Å². The molecule has 5 heteroatoms. The van der Waals surface area contributed by atoms with Crippen LogP contribution in [0.5, 0.6) is 0 Å². The molecule has 0 bridgehead atoms. The average Bonchev–Trinajstić information content (AvgIpc) is 3.45. The summed E-state index contributed by atoms with van der Waals surface area (Å²) in [6, 6.07) is 8.87. The second kappa shape index (κ2) is 11.0. The predicted octanol–water partition coefficient (Wildman–Crippen LogP) is 3.71. The highest BCUT2D eigenvalue weighted by atomic mass is 127. The van der Waals surface area contributed by atoms with Gasteiger partial charge in [-0.3, -0.25) is 4.99 Å². The number of aryl methyl sites for hydroxylation is 1. The van der Waals surface area contributed by atoms with E-state index in [1.807, 2.05) is 7.05 Å². The zero-order valence-corrected chi connectivity index (χ0v) is 17.6. The van der Waals surface area contributed by atoms with Gasteiger partial charge in [-0.1, -0.05) is 24.3 Å². The highest BCUT2D eigenvalue weighted by Crippen LogP contribution is 2.30. The van der Waals surface area contributed by atoms with E-state index in [1.54, 1.807) is 0 Å². The van der Waals surface area contributed by atoms with Gasteiger partial charge >= 0.3 is 0 Å². The maximum atomic E-state index is 5.67. The number of aliphatic imine (C=N–C) groups is 1. The number of nitrogens with one attached hydrogen (secondary N) is 2. The van der Waals surface area contributed by atoms with Crippen LogP contribution in [0.3, 0.4) is 0 Å². The summed E-state index contributed by atoms with van der Waals surface area (Å²) >= 11 is 0. The summed E-state index contributed by atoms with van der Waals surface area (Å²) in [5.41, 5.74) is 3.03. The first kappa shape index (κ1) is 20.5. The third-order valence-electron chi connectivity index (χ3n) is 5.04. The molecule has 1 saturated carbocycles. The molecule has 4 nitrogen and oxygen atoms in total. The van der Waals surface area contributed by atoms with E-state index in [1.165, 1.54) is 43.2 Å². The Balaban J connectivity index is 0.00000225. The molecule has 0 radical (unpaired) electrons. The van der Waals surface area contributed by atoms with Gasteiger partial charge in [-0.05, 0) is 55.6 Å². The van der Waals surface area contributed by atoms with Gasteiger partial charge in [-0.15, -0.1) is 24.0 Å². The lowest BCUT2D eigenvalue weighted by molar-refractivity contribution is 0.123. The van der Waals surface area contributed by atoms with E-state index in [-0.39, 0.29) is 24.0 Å². The summed E-state index contributed by atoms with van der Waals surface area (Å²) in [5.74, 6) is 2.35. The first-order valence-electron chi connectivity index (χ1n) is 9.47. The molecule has 2 N–H and O–H groups in total. The Labute approximate surface area is 169 Å². The van der Waals surface area contributed by atoms with Crippen LogP contribution in [-0.2, 0) is 11.2 Å². The first-order chi connectivity index (χ1) is 11.9. The molecule has 0 heterocycles. The van der Waals surface area contributed by atoms with E-state index >= 15 is 0 Å². The van der Waals surface area contributed by atoms with E-state index in [2.05, 4.69) is 39.9 Å². The highest BCUT2D eigenvalue weighted by Gasteiger charge is 2.21. The Kier molecular flexibility index (Phi) is 9.03. The van der Waals surface area contributed by atoms with E-state index in [9.17, 15) is 0 Å². The van der Waals surface area contributed by atoms with Gasteiger partial charge in [0, 0.05) is 39.3 Å². The van der Waals surface area contributed by atoms with Crippen molar-refractivity contribution < 1.29 is 4.74 Å². The number of ether oxygens (including phenoxy) is 1. The van der Waals surface area contributed by atoms with Crippen LogP contribution in [0, 0.1) is 5.92 Å². The Hall–Kier alpha value is -0.820. The monoisotopic (exact) mass is 457 g/mol.